The van der Waals surface area contributed by atoms with Gasteiger partial charge in [-0.15, -0.1) is 0 Å². The summed E-state index contributed by atoms with van der Waals surface area (Å²) in [5.74, 6) is -1.05. The molecule has 0 saturated carbocycles. The quantitative estimate of drug-likeness (QED) is 0.861. The molecule has 0 fully saturated rings. The third-order valence-electron chi connectivity index (χ3n) is 3.47. The molecule has 3 amide bonds. The summed E-state index contributed by atoms with van der Waals surface area (Å²) in [7, 11) is 0. The number of allylic oxidation sites excluding steroid dienone is 1. The molecule has 0 bridgehead atoms. The summed E-state index contributed by atoms with van der Waals surface area (Å²) in [6, 6.07) is 5.20. The maximum absolute atomic E-state index is 12.3. The molecule has 0 aromatic heterocycles. The van der Waals surface area contributed by atoms with Crippen LogP contribution in [0, 0.1) is 0 Å². The summed E-state index contributed by atoms with van der Waals surface area (Å²) in [4.78, 5) is 37.5. The number of rotatable bonds is 3. The zero-order valence-corrected chi connectivity index (χ0v) is 13.8. The van der Waals surface area contributed by atoms with Gasteiger partial charge in [-0.2, -0.15) is 0 Å². The van der Waals surface area contributed by atoms with Crippen molar-refractivity contribution in [3.63, 3.8) is 0 Å². The van der Waals surface area contributed by atoms with Crippen molar-refractivity contribution in [3.05, 3.63) is 46.1 Å². The number of ether oxygens (including phenoxy) is 1. The molecule has 1 N–H and O–H groups in total. The summed E-state index contributed by atoms with van der Waals surface area (Å²) in [5.41, 5.74) is 1.19. The average molecular weight is 337 g/mol. The fourth-order valence-corrected chi connectivity index (χ4v) is 2.62. The lowest BCUT2D eigenvalue weighted by atomic mass is 9.94. The standard InChI is InChI=1S/C16H17ClN2O4/c1-4-23-15(21)13-9(2)18-16(22)19(10(3)20)14(13)11-5-7-12(17)8-6-11/h5-8,14H,4H2,1-3H3,(H,18,22)/t14-/m1/s1. The number of urea groups is 1. The lowest BCUT2D eigenvalue weighted by Gasteiger charge is -2.35. The first-order valence-corrected chi connectivity index (χ1v) is 7.48. The number of carbonyl (C=O) groups excluding carboxylic acids is 3. The van der Waals surface area contributed by atoms with E-state index in [0.29, 0.717) is 16.3 Å². The van der Waals surface area contributed by atoms with Crippen LogP contribution in [0.2, 0.25) is 5.02 Å². The van der Waals surface area contributed by atoms with Crippen molar-refractivity contribution in [1.29, 1.82) is 0 Å². The molecule has 0 unspecified atom stereocenters. The topological polar surface area (TPSA) is 75.7 Å². The maximum atomic E-state index is 12.3. The lowest BCUT2D eigenvalue weighted by molar-refractivity contribution is -0.139. The van der Waals surface area contributed by atoms with E-state index in [-0.39, 0.29) is 12.2 Å². The number of carbonyl (C=O) groups is 3. The van der Waals surface area contributed by atoms with Gasteiger partial charge in [-0.25, -0.2) is 9.59 Å². The largest absolute Gasteiger partial charge is 0.463 e. The number of halogens is 1. The van der Waals surface area contributed by atoms with Gasteiger partial charge in [0.2, 0.25) is 5.91 Å². The Hall–Kier alpha value is -2.34. The SMILES string of the molecule is CCOC(=O)C1=C(C)NC(=O)N(C(C)=O)[C@@H]1c1ccc(Cl)cc1. The molecule has 1 aromatic rings. The van der Waals surface area contributed by atoms with Crippen molar-refractivity contribution < 1.29 is 19.1 Å². The molecule has 0 aliphatic carbocycles. The highest BCUT2D eigenvalue weighted by atomic mass is 35.5. The molecule has 1 atom stereocenters. The van der Waals surface area contributed by atoms with Gasteiger partial charge in [0.15, 0.2) is 0 Å². The van der Waals surface area contributed by atoms with Crippen LogP contribution in [0.3, 0.4) is 0 Å². The number of nitrogens with zero attached hydrogens (tertiary/aromatic N) is 1. The van der Waals surface area contributed by atoms with Crippen molar-refractivity contribution in [2.75, 3.05) is 6.61 Å². The molecule has 1 aliphatic rings. The Labute approximate surface area is 139 Å². The molecule has 1 aliphatic heterocycles. The molecule has 2 rings (SSSR count). The highest BCUT2D eigenvalue weighted by molar-refractivity contribution is 6.30. The summed E-state index contributed by atoms with van der Waals surface area (Å²) >= 11 is 5.89. The molecular formula is C16H17ClN2O4. The van der Waals surface area contributed by atoms with E-state index in [0.717, 1.165) is 4.90 Å². The lowest BCUT2D eigenvalue weighted by Crippen LogP contribution is -2.50. The van der Waals surface area contributed by atoms with Crippen molar-refractivity contribution in [1.82, 2.24) is 10.2 Å². The molecule has 0 radical (unpaired) electrons. The fraction of sp³-hybridized carbons (Fsp3) is 0.312. The van der Waals surface area contributed by atoms with Gasteiger partial charge in [-0.1, -0.05) is 23.7 Å². The van der Waals surface area contributed by atoms with Crippen LogP contribution in [0.4, 0.5) is 4.79 Å². The van der Waals surface area contributed by atoms with E-state index in [1.54, 1.807) is 38.1 Å². The second kappa shape index (κ2) is 6.83. The fourth-order valence-electron chi connectivity index (χ4n) is 2.50. The van der Waals surface area contributed by atoms with Gasteiger partial charge in [-0.05, 0) is 31.5 Å². The zero-order chi connectivity index (χ0) is 17.1. The van der Waals surface area contributed by atoms with E-state index in [2.05, 4.69) is 5.32 Å². The number of hydrogen-bond donors (Lipinski definition) is 1. The van der Waals surface area contributed by atoms with Crippen LogP contribution in [-0.4, -0.2) is 29.4 Å². The molecule has 122 valence electrons. The van der Waals surface area contributed by atoms with E-state index in [1.165, 1.54) is 6.92 Å². The van der Waals surface area contributed by atoms with Crippen LogP contribution < -0.4 is 5.32 Å². The number of esters is 1. The van der Waals surface area contributed by atoms with Crippen LogP contribution in [0.25, 0.3) is 0 Å². The number of imide groups is 1. The van der Waals surface area contributed by atoms with Gasteiger partial charge in [0.25, 0.3) is 0 Å². The van der Waals surface area contributed by atoms with E-state index in [4.69, 9.17) is 16.3 Å². The van der Waals surface area contributed by atoms with E-state index >= 15 is 0 Å². The maximum Gasteiger partial charge on any atom is 0.338 e. The van der Waals surface area contributed by atoms with E-state index in [9.17, 15) is 14.4 Å². The average Bonchev–Trinajstić information content (AvgIpc) is 2.46. The van der Waals surface area contributed by atoms with Crippen LogP contribution in [0.15, 0.2) is 35.5 Å². The first-order valence-electron chi connectivity index (χ1n) is 7.11. The van der Waals surface area contributed by atoms with Gasteiger partial charge in [0.1, 0.15) is 6.04 Å². The van der Waals surface area contributed by atoms with Crippen molar-refractivity contribution in [3.8, 4) is 0 Å². The van der Waals surface area contributed by atoms with Crippen LogP contribution in [0.1, 0.15) is 32.4 Å². The summed E-state index contributed by atoms with van der Waals surface area (Å²) in [6.45, 7) is 4.75. The molecule has 1 heterocycles. The van der Waals surface area contributed by atoms with E-state index < -0.39 is 23.9 Å². The Bertz CT molecular complexity index is 682. The number of amides is 3. The zero-order valence-electron chi connectivity index (χ0n) is 13.1. The summed E-state index contributed by atoms with van der Waals surface area (Å²) in [6.07, 6.45) is 0. The van der Waals surface area contributed by atoms with Crippen molar-refractivity contribution in [2.45, 2.75) is 26.8 Å². The first kappa shape index (κ1) is 17.0. The molecular weight excluding hydrogens is 320 g/mol. The van der Waals surface area contributed by atoms with Gasteiger partial charge < -0.3 is 10.1 Å². The predicted octanol–water partition coefficient (Wildman–Crippen LogP) is 2.79. The summed E-state index contributed by atoms with van der Waals surface area (Å²) in [5, 5.41) is 3.05. The molecule has 0 saturated heterocycles. The molecule has 6 nitrogen and oxygen atoms in total. The third-order valence-corrected chi connectivity index (χ3v) is 3.72. The highest BCUT2D eigenvalue weighted by Gasteiger charge is 2.40. The third kappa shape index (κ3) is 3.37. The number of benzene rings is 1. The van der Waals surface area contributed by atoms with Crippen molar-refractivity contribution >= 4 is 29.5 Å². The van der Waals surface area contributed by atoms with E-state index in [1.807, 2.05) is 0 Å². The second-order valence-corrected chi connectivity index (χ2v) is 5.47. The minimum Gasteiger partial charge on any atom is -0.463 e. The Morgan fingerprint density at radius 3 is 2.43 bits per heavy atom. The smallest absolute Gasteiger partial charge is 0.338 e. The van der Waals surface area contributed by atoms with Crippen molar-refractivity contribution in [2.24, 2.45) is 0 Å². The highest BCUT2D eigenvalue weighted by Crippen LogP contribution is 2.34. The summed E-state index contributed by atoms with van der Waals surface area (Å²) < 4.78 is 5.08. The van der Waals surface area contributed by atoms with Crippen LogP contribution >= 0.6 is 11.6 Å². The van der Waals surface area contributed by atoms with Crippen LogP contribution in [-0.2, 0) is 14.3 Å². The monoisotopic (exact) mass is 336 g/mol. The second-order valence-electron chi connectivity index (χ2n) is 5.03. The normalized spacial score (nSPS) is 17.8. The Kier molecular flexibility index (Phi) is 5.05. The molecule has 0 spiro atoms. The van der Waals surface area contributed by atoms with Gasteiger partial charge in [-0.3, -0.25) is 9.69 Å². The van der Waals surface area contributed by atoms with Gasteiger partial charge in [0, 0.05) is 17.6 Å². The van der Waals surface area contributed by atoms with Crippen LogP contribution in [0.5, 0.6) is 0 Å². The molecule has 23 heavy (non-hydrogen) atoms. The minimum atomic E-state index is -0.849. The first-order chi connectivity index (χ1) is 10.9. The number of hydrogen-bond acceptors (Lipinski definition) is 4. The Morgan fingerprint density at radius 2 is 1.91 bits per heavy atom. The number of nitrogens with one attached hydrogen (secondary N) is 1. The molecule has 1 aromatic carbocycles. The Morgan fingerprint density at radius 1 is 1.30 bits per heavy atom. The minimum absolute atomic E-state index is 0.191. The predicted molar refractivity (Wildman–Crippen MR) is 84.6 cm³/mol. The van der Waals surface area contributed by atoms with Gasteiger partial charge in [0.05, 0.1) is 12.2 Å². The Balaban J connectivity index is 2.61. The molecule has 7 heteroatoms. The van der Waals surface area contributed by atoms with Gasteiger partial charge >= 0.3 is 12.0 Å².